The van der Waals surface area contributed by atoms with Crippen molar-refractivity contribution >= 4 is 5.91 Å². The Morgan fingerprint density at radius 1 is 1.53 bits per heavy atom. The lowest BCUT2D eigenvalue weighted by atomic mass is 10.0. The minimum atomic E-state index is -0.160. The first-order valence-electron chi connectivity index (χ1n) is 6.12. The number of nitrogens with zero attached hydrogens (tertiary/aromatic N) is 1. The summed E-state index contributed by atoms with van der Waals surface area (Å²) in [4.78, 5) is 19.3. The van der Waals surface area contributed by atoms with E-state index < -0.39 is 0 Å². The van der Waals surface area contributed by atoms with Gasteiger partial charge in [0.05, 0.1) is 23.8 Å². The van der Waals surface area contributed by atoms with Crippen LogP contribution in [0.25, 0.3) is 0 Å². The lowest BCUT2D eigenvalue weighted by molar-refractivity contribution is -0.124. The monoisotopic (exact) mass is 236 g/mol. The molecule has 0 spiro atoms. The van der Waals surface area contributed by atoms with Crippen molar-refractivity contribution in [2.24, 2.45) is 5.92 Å². The second kappa shape index (κ2) is 4.87. The topological polar surface area (TPSA) is 69.8 Å². The standard InChI is InChI=1S/C12H20N4O/c1-7(2)8(3)16-12(17)10-4-9-11(5-13-10)15-6-14-9/h6-8,10,13H,4-5H2,1-3H3,(H,14,15)(H,16,17). The Morgan fingerprint density at radius 2 is 2.29 bits per heavy atom. The van der Waals surface area contributed by atoms with Crippen molar-refractivity contribution in [2.75, 3.05) is 0 Å². The number of amides is 1. The van der Waals surface area contributed by atoms with Crippen molar-refractivity contribution in [1.29, 1.82) is 0 Å². The molecule has 1 aliphatic heterocycles. The van der Waals surface area contributed by atoms with Gasteiger partial charge in [0.25, 0.3) is 0 Å². The molecular weight excluding hydrogens is 216 g/mol. The Bertz CT molecular complexity index is 399. The number of hydrogen-bond donors (Lipinski definition) is 3. The number of aromatic nitrogens is 2. The summed E-state index contributed by atoms with van der Waals surface area (Å²) >= 11 is 0. The second-order valence-electron chi connectivity index (χ2n) is 5.01. The van der Waals surface area contributed by atoms with Crippen LogP contribution in [-0.2, 0) is 17.8 Å². The van der Waals surface area contributed by atoms with Crippen LogP contribution in [0.2, 0.25) is 0 Å². The molecule has 2 rings (SSSR count). The lowest BCUT2D eigenvalue weighted by Gasteiger charge is -2.25. The van der Waals surface area contributed by atoms with Crippen LogP contribution in [0.1, 0.15) is 32.2 Å². The van der Waals surface area contributed by atoms with Crippen molar-refractivity contribution in [3.63, 3.8) is 0 Å². The predicted molar refractivity (Wildman–Crippen MR) is 65.4 cm³/mol. The maximum absolute atomic E-state index is 12.0. The fraction of sp³-hybridized carbons (Fsp3) is 0.667. The number of imidazole rings is 1. The third-order valence-electron chi connectivity index (χ3n) is 3.42. The molecule has 5 heteroatoms. The van der Waals surface area contributed by atoms with E-state index >= 15 is 0 Å². The van der Waals surface area contributed by atoms with Crippen molar-refractivity contribution < 1.29 is 4.79 Å². The number of fused-ring (bicyclic) bond motifs is 1. The number of nitrogens with one attached hydrogen (secondary N) is 3. The van der Waals surface area contributed by atoms with Gasteiger partial charge in [-0.05, 0) is 12.8 Å². The zero-order chi connectivity index (χ0) is 12.4. The molecule has 1 aliphatic rings. The van der Waals surface area contributed by atoms with Crippen LogP contribution in [-0.4, -0.2) is 28.0 Å². The summed E-state index contributed by atoms with van der Waals surface area (Å²) < 4.78 is 0. The normalized spacial score (nSPS) is 21.1. The summed E-state index contributed by atoms with van der Waals surface area (Å²) in [5.41, 5.74) is 2.09. The average molecular weight is 236 g/mol. The van der Waals surface area contributed by atoms with Gasteiger partial charge in [0.2, 0.25) is 5.91 Å². The molecule has 0 aromatic carbocycles. The fourth-order valence-corrected chi connectivity index (χ4v) is 1.85. The van der Waals surface area contributed by atoms with E-state index in [0.717, 1.165) is 11.4 Å². The molecular formula is C12H20N4O. The Kier molecular flexibility index (Phi) is 3.47. The van der Waals surface area contributed by atoms with Crippen LogP contribution < -0.4 is 10.6 Å². The van der Waals surface area contributed by atoms with Crippen molar-refractivity contribution in [3.05, 3.63) is 17.7 Å². The van der Waals surface area contributed by atoms with Gasteiger partial charge >= 0.3 is 0 Å². The summed E-state index contributed by atoms with van der Waals surface area (Å²) in [6, 6.07) is 0.0388. The Hall–Kier alpha value is -1.36. The van der Waals surface area contributed by atoms with E-state index in [1.807, 2.05) is 6.92 Å². The van der Waals surface area contributed by atoms with Crippen molar-refractivity contribution in [2.45, 2.75) is 45.8 Å². The molecule has 1 amide bonds. The number of hydrogen-bond acceptors (Lipinski definition) is 3. The zero-order valence-electron chi connectivity index (χ0n) is 10.6. The van der Waals surface area contributed by atoms with E-state index in [9.17, 15) is 4.79 Å². The molecule has 5 nitrogen and oxygen atoms in total. The zero-order valence-corrected chi connectivity index (χ0v) is 10.6. The van der Waals surface area contributed by atoms with Gasteiger partial charge in [0.15, 0.2) is 0 Å². The van der Waals surface area contributed by atoms with Gasteiger partial charge < -0.3 is 10.3 Å². The molecule has 2 atom stereocenters. The molecule has 3 N–H and O–H groups in total. The van der Waals surface area contributed by atoms with Gasteiger partial charge in [-0.3, -0.25) is 10.1 Å². The first kappa shape index (κ1) is 12.1. The first-order valence-corrected chi connectivity index (χ1v) is 6.12. The smallest absolute Gasteiger partial charge is 0.237 e. The fourth-order valence-electron chi connectivity index (χ4n) is 1.85. The highest BCUT2D eigenvalue weighted by Crippen LogP contribution is 2.12. The minimum Gasteiger partial charge on any atom is -0.352 e. The van der Waals surface area contributed by atoms with Gasteiger partial charge in [-0.1, -0.05) is 13.8 Å². The van der Waals surface area contributed by atoms with Crippen LogP contribution in [0, 0.1) is 5.92 Å². The summed E-state index contributed by atoms with van der Waals surface area (Å²) in [6.07, 6.45) is 2.35. The summed E-state index contributed by atoms with van der Waals surface area (Å²) in [5.74, 6) is 0.517. The Labute approximate surface area is 101 Å². The van der Waals surface area contributed by atoms with E-state index in [0.29, 0.717) is 18.9 Å². The van der Waals surface area contributed by atoms with E-state index in [1.165, 1.54) is 0 Å². The summed E-state index contributed by atoms with van der Waals surface area (Å²) in [7, 11) is 0. The summed E-state index contributed by atoms with van der Waals surface area (Å²) in [6.45, 7) is 6.92. The number of aromatic amines is 1. The van der Waals surface area contributed by atoms with E-state index in [1.54, 1.807) is 6.33 Å². The van der Waals surface area contributed by atoms with Crippen molar-refractivity contribution in [3.8, 4) is 0 Å². The molecule has 17 heavy (non-hydrogen) atoms. The first-order chi connectivity index (χ1) is 8.08. The van der Waals surface area contributed by atoms with Gasteiger partial charge in [-0.25, -0.2) is 4.98 Å². The number of rotatable bonds is 3. The molecule has 0 saturated heterocycles. The van der Waals surface area contributed by atoms with Gasteiger partial charge in [-0.15, -0.1) is 0 Å². The quantitative estimate of drug-likeness (QED) is 0.719. The number of carbonyl (C=O) groups excluding carboxylic acids is 1. The molecule has 2 unspecified atom stereocenters. The van der Waals surface area contributed by atoms with Crippen LogP contribution in [0.5, 0.6) is 0 Å². The Morgan fingerprint density at radius 3 is 3.00 bits per heavy atom. The highest BCUT2D eigenvalue weighted by atomic mass is 16.2. The van der Waals surface area contributed by atoms with Crippen molar-refractivity contribution in [1.82, 2.24) is 20.6 Å². The van der Waals surface area contributed by atoms with E-state index in [-0.39, 0.29) is 18.0 Å². The Balaban J connectivity index is 1.94. The van der Waals surface area contributed by atoms with Crippen LogP contribution in [0.15, 0.2) is 6.33 Å². The maximum Gasteiger partial charge on any atom is 0.237 e. The number of H-pyrrole nitrogens is 1. The average Bonchev–Trinajstić information content (AvgIpc) is 2.75. The molecule has 94 valence electrons. The molecule has 0 saturated carbocycles. The molecule has 0 fully saturated rings. The maximum atomic E-state index is 12.0. The van der Waals surface area contributed by atoms with Crippen LogP contribution >= 0.6 is 0 Å². The number of carbonyl (C=O) groups is 1. The molecule has 2 heterocycles. The highest BCUT2D eigenvalue weighted by Gasteiger charge is 2.26. The molecule has 0 radical (unpaired) electrons. The van der Waals surface area contributed by atoms with Gasteiger partial charge in [0.1, 0.15) is 0 Å². The molecule has 1 aromatic rings. The lowest BCUT2D eigenvalue weighted by Crippen LogP contribution is -2.50. The second-order valence-corrected chi connectivity index (χ2v) is 5.01. The van der Waals surface area contributed by atoms with Gasteiger partial charge in [-0.2, -0.15) is 0 Å². The third-order valence-corrected chi connectivity index (χ3v) is 3.42. The van der Waals surface area contributed by atoms with Crippen LogP contribution in [0.4, 0.5) is 0 Å². The molecule has 0 bridgehead atoms. The highest BCUT2D eigenvalue weighted by molar-refractivity contribution is 5.82. The molecule has 0 aliphatic carbocycles. The molecule has 1 aromatic heterocycles. The predicted octanol–water partition coefficient (Wildman–Crippen LogP) is 0.585. The minimum absolute atomic E-state index is 0.0693. The van der Waals surface area contributed by atoms with Crippen LogP contribution in [0.3, 0.4) is 0 Å². The van der Waals surface area contributed by atoms with E-state index in [4.69, 9.17) is 0 Å². The van der Waals surface area contributed by atoms with E-state index in [2.05, 4.69) is 34.4 Å². The third kappa shape index (κ3) is 2.66. The summed E-state index contributed by atoms with van der Waals surface area (Å²) in [5, 5.41) is 6.25. The van der Waals surface area contributed by atoms with Gasteiger partial charge in [0, 0.05) is 19.0 Å². The largest absolute Gasteiger partial charge is 0.352 e. The SMILES string of the molecule is CC(C)C(C)NC(=O)C1Cc2nc[nH]c2CN1.